The predicted molar refractivity (Wildman–Crippen MR) is 97.3 cm³/mol. The van der Waals surface area contributed by atoms with E-state index in [9.17, 15) is 4.79 Å². The summed E-state index contributed by atoms with van der Waals surface area (Å²) in [6.07, 6.45) is 3.28. The molecule has 0 aliphatic rings. The maximum atomic E-state index is 12.1. The molecule has 0 unspecified atom stereocenters. The van der Waals surface area contributed by atoms with Crippen molar-refractivity contribution < 1.29 is 9.53 Å². The van der Waals surface area contributed by atoms with E-state index < -0.39 is 0 Å². The summed E-state index contributed by atoms with van der Waals surface area (Å²) in [7, 11) is 1.62. The van der Waals surface area contributed by atoms with E-state index in [4.69, 9.17) is 4.74 Å². The molecule has 2 rings (SSSR count). The molecule has 0 heterocycles. The Morgan fingerprint density at radius 2 is 1.79 bits per heavy atom. The lowest BCUT2D eigenvalue weighted by Crippen LogP contribution is -2.22. The second kappa shape index (κ2) is 9.50. The molecule has 24 heavy (non-hydrogen) atoms. The molecule has 0 radical (unpaired) electrons. The summed E-state index contributed by atoms with van der Waals surface area (Å²) in [5, 5.41) is 4.35. The van der Waals surface area contributed by atoms with Gasteiger partial charge in [0.2, 0.25) is 5.91 Å². The van der Waals surface area contributed by atoms with Crippen molar-refractivity contribution in [2.75, 3.05) is 7.11 Å². The minimum Gasteiger partial charge on any atom is -0.497 e. The molecule has 2 aromatic carbocycles. The fraction of sp³-hybridized carbons (Fsp3) is 0.300. The number of benzene rings is 2. The van der Waals surface area contributed by atoms with Gasteiger partial charge in [0.1, 0.15) is 5.75 Å². The van der Waals surface area contributed by atoms with Crippen LogP contribution in [0.1, 0.15) is 37.3 Å². The third kappa shape index (κ3) is 5.54. The number of unbranched alkanes of at least 4 members (excludes halogenated alkanes) is 1. The number of nitrogens with zero attached hydrogens (tertiary/aromatic N) is 1. The maximum absolute atomic E-state index is 12.1. The van der Waals surface area contributed by atoms with Crippen LogP contribution in [0.2, 0.25) is 0 Å². The average molecular weight is 324 g/mol. The number of carbonyl (C=O) groups is 1. The molecule has 0 saturated carbocycles. The predicted octanol–water partition coefficient (Wildman–Crippen LogP) is 3.95. The summed E-state index contributed by atoms with van der Waals surface area (Å²) >= 11 is 0. The van der Waals surface area contributed by atoms with Gasteiger partial charge in [0, 0.05) is 0 Å². The number of hydrogen-bond acceptors (Lipinski definition) is 3. The molecule has 0 spiro atoms. The van der Waals surface area contributed by atoms with Gasteiger partial charge in [0.25, 0.3) is 0 Å². The molecule has 0 aliphatic heterocycles. The van der Waals surface area contributed by atoms with E-state index in [2.05, 4.69) is 17.5 Å². The van der Waals surface area contributed by atoms with E-state index in [0.717, 1.165) is 41.9 Å². The Bertz CT molecular complexity index is 664. The Morgan fingerprint density at radius 3 is 2.42 bits per heavy atom. The van der Waals surface area contributed by atoms with Crippen molar-refractivity contribution in [3.05, 3.63) is 65.7 Å². The van der Waals surface area contributed by atoms with E-state index >= 15 is 0 Å². The molecule has 1 N–H and O–H groups in total. The maximum Gasteiger partial charge on any atom is 0.244 e. The Labute approximate surface area is 143 Å². The normalized spacial score (nSPS) is 11.2. The molecule has 2 aromatic rings. The van der Waals surface area contributed by atoms with E-state index in [1.54, 1.807) is 7.11 Å². The van der Waals surface area contributed by atoms with Gasteiger partial charge in [-0.25, -0.2) is 5.43 Å². The number of hydrazone groups is 1. The van der Waals surface area contributed by atoms with E-state index in [-0.39, 0.29) is 5.91 Å². The minimum atomic E-state index is -0.120. The highest BCUT2D eigenvalue weighted by Gasteiger charge is 2.06. The fourth-order valence-corrected chi connectivity index (χ4v) is 2.34. The van der Waals surface area contributed by atoms with Crippen molar-refractivity contribution in [1.82, 2.24) is 5.43 Å². The lowest BCUT2D eigenvalue weighted by Gasteiger charge is -2.07. The van der Waals surface area contributed by atoms with Crippen LogP contribution in [-0.2, 0) is 11.2 Å². The molecule has 0 aliphatic carbocycles. The topological polar surface area (TPSA) is 50.7 Å². The van der Waals surface area contributed by atoms with Gasteiger partial charge in [-0.05, 0) is 36.1 Å². The standard InChI is InChI=1S/C20H24N2O2/c1-3-4-10-19(17-8-6-5-7-9-17)21-22-20(23)15-16-11-13-18(24-2)14-12-16/h5-9,11-14H,3-4,10,15H2,1-2H3,(H,22,23). The molecular weight excluding hydrogens is 300 g/mol. The smallest absolute Gasteiger partial charge is 0.244 e. The second-order valence-electron chi connectivity index (χ2n) is 5.59. The van der Waals surface area contributed by atoms with Crippen LogP contribution in [0, 0.1) is 0 Å². The Morgan fingerprint density at radius 1 is 1.08 bits per heavy atom. The molecule has 4 heteroatoms. The lowest BCUT2D eigenvalue weighted by atomic mass is 10.1. The number of carbonyl (C=O) groups excluding carboxylic acids is 1. The minimum absolute atomic E-state index is 0.120. The number of rotatable bonds is 8. The molecular formula is C20H24N2O2. The Balaban J connectivity index is 2.00. The number of methoxy groups -OCH3 is 1. The van der Waals surface area contributed by atoms with E-state index in [0.29, 0.717) is 6.42 Å². The first kappa shape index (κ1) is 17.7. The zero-order chi connectivity index (χ0) is 17.2. The van der Waals surface area contributed by atoms with Crippen LogP contribution in [0.3, 0.4) is 0 Å². The van der Waals surface area contributed by atoms with Crippen LogP contribution in [0.5, 0.6) is 5.75 Å². The van der Waals surface area contributed by atoms with Gasteiger partial charge in [0.15, 0.2) is 0 Å². The van der Waals surface area contributed by atoms with Crippen LogP contribution in [0.4, 0.5) is 0 Å². The van der Waals surface area contributed by atoms with Crippen LogP contribution in [0.15, 0.2) is 59.7 Å². The van der Waals surface area contributed by atoms with Crippen LogP contribution in [0.25, 0.3) is 0 Å². The largest absolute Gasteiger partial charge is 0.497 e. The molecule has 1 amide bonds. The summed E-state index contributed by atoms with van der Waals surface area (Å²) in [5.41, 5.74) is 5.58. The third-order valence-electron chi connectivity index (χ3n) is 3.71. The van der Waals surface area contributed by atoms with Crippen LogP contribution in [-0.4, -0.2) is 18.7 Å². The van der Waals surface area contributed by atoms with E-state index in [1.807, 2.05) is 54.6 Å². The van der Waals surface area contributed by atoms with Crippen LogP contribution < -0.4 is 10.2 Å². The highest BCUT2D eigenvalue weighted by Crippen LogP contribution is 2.12. The van der Waals surface area contributed by atoms with Gasteiger partial charge in [-0.3, -0.25) is 4.79 Å². The van der Waals surface area contributed by atoms with Crippen molar-refractivity contribution in [1.29, 1.82) is 0 Å². The summed E-state index contributed by atoms with van der Waals surface area (Å²) in [4.78, 5) is 12.1. The van der Waals surface area contributed by atoms with Gasteiger partial charge in [-0.1, -0.05) is 55.8 Å². The van der Waals surface area contributed by atoms with E-state index in [1.165, 1.54) is 0 Å². The number of amides is 1. The number of nitrogens with one attached hydrogen (secondary N) is 1. The van der Waals surface area contributed by atoms with Gasteiger partial charge in [-0.2, -0.15) is 5.10 Å². The lowest BCUT2D eigenvalue weighted by molar-refractivity contribution is -0.120. The fourth-order valence-electron chi connectivity index (χ4n) is 2.34. The van der Waals surface area contributed by atoms with Crippen molar-refractivity contribution >= 4 is 11.6 Å². The van der Waals surface area contributed by atoms with Gasteiger partial charge in [0.05, 0.1) is 19.2 Å². The SMILES string of the molecule is CCCCC(=NNC(=O)Cc1ccc(OC)cc1)c1ccccc1. The molecule has 0 bridgehead atoms. The first-order valence-corrected chi connectivity index (χ1v) is 8.26. The summed E-state index contributed by atoms with van der Waals surface area (Å²) in [5.74, 6) is 0.660. The molecule has 0 fully saturated rings. The van der Waals surface area contributed by atoms with Crippen molar-refractivity contribution in [3.63, 3.8) is 0 Å². The van der Waals surface area contributed by atoms with Crippen molar-refractivity contribution in [3.8, 4) is 5.75 Å². The Hall–Kier alpha value is -2.62. The van der Waals surface area contributed by atoms with Crippen molar-refractivity contribution in [2.45, 2.75) is 32.6 Å². The molecule has 0 saturated heterocycles. The molecule has 0 atom stereocenters. The first-order chi connectivity index (χ1) is 11.7. The number of ether oxygens (including phenoxy) is 1. The second-order valence-corrected chi connectivity index (χ2v) is 5.59. The summed E-state index contributed by atoms with van der Waals surface area (Å²) < 4.78 is 5.12. The molecule has 4 nitrogen and oxygen atoms in total. The monoisotopic (exact) mass is 324 g/mol. The molecule has 0 aromatic heterocycles. The zero-order valence-corrected chi connectivity index (χ0v) is 14.3. The third-order valence-corrected chi connectivity index (χ3v) is 3.71. The highest BCUT2D eigenvalue weighted by molar-refractivity contribution is 6.01. The highest BCUT2D eigenvalue weighted by atomic mass is 16.5. The number of hydrogen-bond donors (Lipinski definition) is 1. The van der Waals surface area contributed by atoms with Crippen molar-refractivity contribution in [2.24, 2.45) is 5.10 Å². The quantitative estimate of drug-likeness (QED) is 0.590. The summed E-state index contributed by atoms with van der Waals surface area (Å²) in [6, 6.07) is 17.4. The summed E-state index contributed by atoms with van der Waals surface area (Å²) in [6.45, 7) is 2.14. The average Bonchev–Trinajstić information content (AvgIpc) is 2.63. The van der Waals surface area contributed by atoms with Gasteiger partial charge < -0.3 is 4.74 Å². The van der Waals surface area contributed by atoms with Crippen LogP contribution >= 0.6 is 0 Å². The Kier molecular flexibility index (Phi) is 7.02. The molecule has 126 valence electrons. The van der Waals surface area contributed by atoms with Gasteiger partial charge in [-0.15, -0.1) is 0 Å². The zero-order valence-electron chi connectivity index (χ0n) is 14.3. The van der Waals surface area contributed by atoms with Gasteiger partial charge >= 0.3 is 0 Å². The first-order valence-electron chi connectivity index (χ1n) is 8.26.